The number of halogens is 2. The zero-order chi connectivity index (χ0) is 19.8. The zero-order valence-electron chi connectivity index (χ0n) is 15.3. The molecule has 27 heavy (non-hydrogen) atoms. The van der Waals surface area contributed by atoms with E-state index in [1.807, 2.05) is 25.1 Å². The summed E-state index contributed by atoms with van der Waals surface area (Å²) in [6.45, 7) is 3.40. The summed E-state index contributed by atoms with van der Waals surface area (Å²) >= 11 is 0. The van der Waals surface area contributed by atoms with Gasteiger partial charge in [-0.3, -0.25) is 9.59 Å². The van der Waals surface area contributed by atoms with Crippen molar-refractivity contribution in [3.8, 4) is 5.75 Å². The van der Waals surface area contributed by atoms with Crippen molar-refractivity contribution in [2.75, 3.05) is 25.0 Å². The highest BCUT2D eigenvalue weighted by atomic mass is 19.1. The Morgan fingerprint density at radius 3 is 2.37 bits per heavy atom. The molecule has 144 valence electrons. The smallest absolute Gasteiger partial charge is 0.260 e. The summed E-state index contributed by atoms with van der Waals surface area (Å²) in [6, 6.07) is 10.7. The lowest BCUT2D eigenvalue weighted by molar-refractivity contribution is -0.136. The molecule has 5 nitrogen and oxygen atoms in total. The van der Waals surface area contributed by atoms with E-state index < -0.39 is 29.1 Å². The molecule has 0 aliphatic rings. The first-order valence-corrected chi connectivity index (χ1v) is 8.68. The molecule has 1 N–H and O–H groups in total. The molecular formula is C20H22F2N2O3. The fraction of sp³-hybridized carbons (Fsp3) is 0.300. The van der Waals surface area contributed by atoms with Crippen molar-refractivity contribution in [2.24, 2.45) is 0 Å². The van der Waals surface area contributed by atoms with E-state index in [1.54, 1.807) is 13.0 Å². The van der Waals surface area contributed by atoms with Crippen molar-refractivity contribution < 1.29 is 23.1 Å². The second kappa shape index (κ2) is 9.66. The van der Waals surface area contributed by atoms with Crippen molar-refractivity contribution in [1.29, 1.82) is 0 Å². The summed E-state index contributed by atoms with van der Waals surface area (Å²) < 4.78 is 32.7. The van der Waals surface area contributed by atoms with Crippen molar-refractivity contribution in [3.05, 3.63) is 59.7 Å². The first-order chi connectivity index (χ1) is 12.9. The van der Waals surface area contributed by atoms with Gasteiger partial charge >= 0.3 is 0 Å². The molecule has 2 aromatic rings. The molecule has 2 aromatic carbocycles. The van der Waals surface area contributed by atoms with Gasteiger partial charge in [0.1, 0.15) is 23.1 Å². The number of para-hydroxylation sites is 1. The third-order valence-corrected chi connectivity index (χ3v) is 3.97. The van der Waals surface area contributed by atoms with Crippen LogP contribution in [0.3, 0.4) is 0 Å². The van der Waals surface area contributed by atoms with E-state index in [2.05, 4.69) is 5.32 Å². The lowest BCUT2D eigenvalue weighted by Crippen LogP contribution is -2.40. The number of ether oxygens (including phenoxy) is 1. The number of nitrogens with zero attached hydrogens (tertiary/aromatic N) is 1. The molecule has 0 unspecified atom stereocenters. The van der Waals surface area contributed by atoms with E-state index in [4.69, 9.17) is 4.74 Å². The minimum Gasteiger partial charge on any atom is -0.484 e. The minimum absolute atomic E-state index is 0.234. The predicted molar refractivity (Wildman–Crippen MR) is 98.6 cm³/mol. The van der Waals surface area contributed by atoms with Gasteiger partial charge in [-0.1, -0.05) is 25.1 Å². The molecule has 2 rings (SSSR count). The highest BCUT2D eigenvalue weighted by Crippen LogP contribution is 2.18. The SMILES string of the molecule is CCc1cccc(OCC(=O)N(CC)CC(=O)Nc2c(F)cccc2F)c1. The number of rotatable bonds is 8. The molecule has 0 saturated carbocycles. The van der Waals surface area contributed by atoms with Crippen LogP contribution in [0.4, 0.5) is 14.5 Å². The van der Waals surface area contributed by atoms with Gasteiger partial charge in [-0.15, -0.1) is 0 Å². The van der Waals surface area contributed by atoms with Crippen LogP contribution >= 0.6 is 0 Å². The number of hydrogen-bond acceptors (Lipinski definition) is 3. The van der Waals surface area contributed by atoms with E-state index in [0.29, 0.717) is 5.75 Å². The third kappa shape index (κ3) is 5.77. The number of benzene rings is 2. The maximum atomic E-state index is 13.6. The normalized spacial score (nSPS) is 10.4. The number of hydrogen-bond donors (Lipinski definition) is 1. The van der Waals surface area contributed by atoms with E-state index in [-0.39, 0.29) is 19.7 Å². The van der Waals surface area contributed by atoms with Gasteiger partial charge in [0.05, 0.1) is 6.54 Å². The molecule has 0 heterocycles. The van der Waals surface area contributed by atoms with Crippen molar-refractivity contribution in [3.63, 3.8) is 0 Å². The largest absolute Gasteiger partial charge is 0.484 e. The van der Waals surface area contributed by atoms with Crippen molar-refractivity contribution in [2.45, 2.75) is 20.3 Å². The average molecular weight is 376 g/mol. The van der Waals surface area contributed by atoms with Gasteiger partial charge in [-0.25, -0.2) is 8.78 Å². The number of anilines is 1. The molecule has 0 spiro atoms. The Kier molecular flexibility index (Phi) is 7.28. The summed E-state index contributed by atoms with van der Waals surface area (Å²) in [6.07, 6.45) is 0.846. The Hall–Kier alpha value is -2.96. The monoisotopic (exact) mass is 376 g/mol. The lowest BCUT2D eigenvalue weighted by Gasteiger charge is -2.20. The van der Waals surface area contributed by atoms with Crippen LogP contribution in [-0.4, -0.2) is 36.4 Å². The molecule has 0 aliphatic heterocycles. The van der Waals surface area contributed by atoms with E-state index >= 15 is 0 Å². The van der Waals surface area contributed by atoms with Gasteiger partial charge in [0, 0.05) is 6.54 Å². The van der Waals surface area contributed by atoms with E-state index in [9.17, 15) is 18.4 Å². The van der Waals surface area contributed by atoms with Crippen LogP contribution in [0.15, 0.2) is 42.5 Å². The minimum atomic E-state index is -0.878. The maximum absolute atomic E-state index is 13.6. The van der Waals surface area contributed by atoms with E-state index in [1.165, 1.54) is 11.0 Å². The molecule has 0 aliphatic carbocycles. The predicted octanol–water partition coefficient (Wildman–Crippen LogP) is 3.39. The average Bonchev–Trinajstić information content (AvgIpc) is 2.67. The highest BCUT2D eigenvalue weighted by molar-refractivity contribution is 5.94. The zero-order valence-corrected chi connectivity index (χ0v) is 15.3. The fourth-order valence-electron chi connectivity index (χ4n) is 2.44. The first kappa shape index (κ1) is 20.4. The molecule has 2 amide bonds. The number of aryl methyl sites for hydroxylation is 1. The molecular weight excluding hydrogens is 354 g/mol. The number of nitrogens with one attached hydrogen (secondary N) is 1. The van der Waals surface area contributed by atoms with Crippen LogP contribution in [0, 0.1) is 11.6 Å². The van der Waals surface area contributed by atoms with Crippen LogP contribution in [0.25, 0.3) is 0 Å². The maximum Gasteiger partial charge on any atom is 0.260 e. The van der Waals surface area contributed by atoms with Gasteiger partial charge in [-0.2, -0.15) is 0 Å². The molecule has 0 atom stereocenters. The number of amides is 2. The van der Waals surface area contributed by atoms with Gasteiger partial charge in [0.15, 0.2) is 6.61 Å². The summed E-state index contributed by atoms with van der Waals surface area (Å²) in [4.78, 5) is 25.6. The molecule has 0 aromatic heterocycles. The first-order valence-electron chi connectivity index (χ1n) is 8.68. The van der Waals surface area contributed by atoms with Gasteiger partial charge < -0.3 is 15.0 Å². The van der Waals surface area contributed by atoms with Crippen LogP contribution in [0.5, 0.6) is 5.75 Å². The van der Waals surface area contributed by atoms with Crippen molar-refractivity contribution in [1.82, 2.24) is 4.90 Å². The van der Waals surface area contributed by atoms with Gasteiger partial charge in [0.2, 0.25) is 5.91 Å². The second-order valence-corrected chi connectivity index (χ2v) is 5.84. The number of likely N-dealkylation sites (N-methyl/N-ethyl adjacent to an activating group) is 1. The number of carbonyl (C=O) groups is 2. The van der Waals surface area contributed by atoms with E-state index in [0.717, 1.165) is 24.1 Å². The Labute approximate surface area is 156 Å². The highest BCUT2D eigenvalue weighted by Gasteiger charge is 2.18. The Balaban J connectivity index is 1.93. The third-order valence-electron chi connectivity index (χ3n) is 3.97. The number of carbonyl (C=O) groups excluding carboxylic acids is 2. The van der Waals surface area contributed by atoms with Crippen LogP contribution < -0.4 is 10.1 Å². The Bertz CT molecular complexity index is 791. The van der Waals surface area contributed by atoms with Crippen molar-refractivity contribution >= 4 is 17.5 Å². The van der Waals surface area contributed by atoms with Crippen LogP contribution in [0.1, 0.15) is 19.4 Å². The Morgan fingerprint density at radius 1 is 1.07 bits per heavy atom. The summed E-state index contributed by atoms with van der Waals surface area (Å²) in [7, 11) is 0. The quantitative estimate of drug-likeness (QED) is 0.768. The molecule has 7 heteroatoms. The second-order valence-electron chi connectivity index (χ2n) is 5.84. The Morgan fingerprint density at radius 2 is 1.74 bits per heavy atom. The molecule has 0 radical (unpaired) electrons. The molecule has 0 fully saturated rings. The topological polar surface area (TPSA) is 58.6 Å². The summed E-state index contributed by atoms with van der Waals surface area (Å²) in [5.41, 5.74) is 0.553. The lowest BCUT2D eigenvalue weighted by atomic mass is 10.2. The summed E-state index contributed by atoms with van der Waals surface area (Å²) in [5.74, 6) is -2.28. The van der Waals surface area contributed by atoms with Crippen LogP contribution in [0.2, 0.25) is 0 Å². The van der Waals surface area contributed by atoms with Gasteiger partial charge in [0.25, 0.3) is 5.91 Å². The molecule has 0 bridgehead atoms. The fourth-order valence-corrected chi connectivity index (χ4v) is 2.44. The van der Waals surface area contributed by atoms with Crippen LogP contribution in [-0.2, 0) is 16.0 Å². The van der Waals surface area contributed by atoms with Gasteiger partial charge in [-0.05, 0) is 43.2 Å². The molecule has 0 saturated heterocycles. The standard InChI is InChI=1S/C20H22F2N2O3/c1-3-14-7-5-8-15(11-14)27-13-19(26)24(4-2)12-18(25)23-20-16(21)9-6-10-17(20)22/h5-11H,3-4,12-13H2,1-2H3,(H,23,25). The summed E-state index contributed by atoms with van der Waals surface area (Å²) in [5, 5.41) is 2.16.